The van der Waals surface area contributed by atoms with Crippen molar-refractivity contribution < 1.29 is 14.3 Å². The fourth-order valence-electron chi connectivity index (χ4n) is 2.18. The van der Waals surface area contributed by atoms with Crippen molar-refractivity contribution >= 4 is 40.7 Å². The van der Waals surface area contributed by atoms with Gasteiger partial charge in [0.2, 0.25) is 0 Å². The quantitative estimate of drug-likeness (QED) is 0.657. The van der Waals surface area contributed by atoms with Crippen LogP contribution in [0.5, 0.6) is 5.75 Å². The maximum Gasteiger partial charge on any atom is 0.258 e. The highest BCUT2D eigenvalue weighted by Gasteiger charge is 2.08. The molecule has 0 bridgehead atoms. The summed E-state index contributed by atoms with van der Waals surface area (Å²) in [5.74, 6) is -0.130. The Bertz CT molecular complexity index is 795. The van der Waals surface area contributed by atoms with E-state index in [4.69, 9.17) is 27.9 Å². The first kappa shape index (κ1) is 20.9. The van der Waals surface area contributed by atoms with Crippen LogP contribution >= 0.6 is 23.2 Å². The van der Waals surface area contributed by atoms with E-state index in [-0.39, 0.29) is 25.0 Å². The fraction of sp³-hybridized carbons (Fsp3) is 0.263. The van der Waals surface area contributed by atoms with Crippen LogP contribution < -0.4 is 20.3 Å². The van der Waals surface area contributed by atoms with Gasteiger partial charge in [-0.15, -0.1) is 0 Å². The third-order valence-corrected chi connectivity index (χ3v) is 4.16. The van der Waals surface area contributed by atoms with Gasteiger partial charge < -0.3 is 20.3 Å². The zero-order valence-corrected chi connectivity index (χ0v) is 16.6. The Morgan fingerprint density at radius 2 is 1.67 bits per heavy atom. The Hall–Kier alpha value is -2.44. The molecule has 144 valence electrons. The molecule has 8 heteroatoms. The zero-order valence-electron chi connectivity index (χ0n) is 15.1. The second kappa shape index (κ2) is 10.0. The van der Waals surface area contributed by atoms with Crippen molar-refractivity contribution in [2.24, 2.45) is 0 Å². The van der Waals surface area contributed by atoms with Crippen LogP contribution in [0.25, 0.3) is 0 Å². The van der Waals surface area contributed by atoms with Crippen LogP contribution in [-0.4, -0.2) is 45.6 Å². The summed E-state index contributed by atoms with van der Waals surface area (Å²) in [6, 6.07) is 12.0. The largest absolute Gasteiger partial charge is 0.482 e. The molecule has 0 atom stereocenters. The minimum Gasteiger partial charge on any atom is -0.482 e. The molecule has 0 saturated carbocycles. The van der Waals surface area contributed by atoms with Crippen molar-refractivity contribution in [1.29, 1.82) is 0 Å². The molecule has 0 fully saturated rings. The van der Waals surface area contributed by atoms with E-state index in [1.165, 1.54) is 6.07 Å². The number of halogens is 2. The third-order valence-electron chi connectivity index (χ3n) is 3.63. The maximum atomic E-state index is 12.1. The summed E-state index contributed by atoms with van der Waals surface area (Å²) < 4.78 is 5.34. The Kier molecular flexibility index (Phi) is 7.76. The number of benzene rings is 2. The van der Waals surface area contributed by atoms with Gasteiger partial charge >= 0.3 is 0 Å². The molecular formula is C19H21Cl2N3O3. The summed E-state index contributed by atoms with van der Waals surface area (Å²) in [6.07, 6.45) is 0. The average molecular weight is 410 g/mol. The minimum absolute atomic E-state index is 0.179. The maximum absolute atomic E-state index is 12.1. The number of amides is 2. The van der Waals surface area contributed by atoms with Crippen LogP contribution in [0.3, 0.4) is 0 Å². The van der Waals surface area contributed by atoms with Gasteiger partial charge in [-0.05, 0) is 42.5 Å². The van der Waals surface area contributed by atoms with E-state index in [9.17, 15) is 9.59 Å². The van der Waals surface area contributed by atoms with Gasteiger partial charge in [0, 0.05) is 43.5 Å². The van der Waals surface area contributed by atoms with Gasteiger partial charge in [0.05, 0.1) is 5.02 Å². The predicted octanol–water partition coefficient (Wildman–Crippen LogP) is 2.98. The first-order chi connectivity index (χ1) is 12.9. The van der Waals surface area contributed by atoms with Crippen molar-refractivity contribution in [2.45, 2.75) is 0 Å². The summed E-state index contributed by atoms with van der Waals surface area (Å²) >= 11 is 11.8. The average Bonchev–Trinajstić information content (AvgIpc) is 2.64. The molecule has 2 aromatic rings. The minimum atomic E-state index is -0.314. The van der Waals surface area contributed by atoms with Crippen LogP contribution in [-0.2, 0) is 4.79 Å². The van der Waals surface area contributed by atoms with E-state index in [1.807, 2.05) is 31.1 Å². The lowest BCUT2D eigenvalue weighted by Crippen LogP contribution is -2.36. The molecule has 0 aliphatic carbocycles. The monoisotopic (exact) mass is 409 g/mol. The molecule has 6 nitrogen and oxygen atoms in total. The lowest BCUT2D eigenvalue weighted by Gasteiger charge is -2.13. The van der Waals surface area contributed by atoms with Gasteiger partial charge in [-0.1, -0.05) is 23.2 Å². The summed E-state index contributed by atoms with van der Waals surface area (Å²) in [5.41, 5.74) is 1.58. The van der Waals surface area contributed by atoms with Gasteiger partial charge in [-0.25, -0.2) is 0 Å². The van der Waals surface area contributed by atoms with E-state index in [0.717, 1.165) is 5.69 Å². The molecule has 0 spiro atoms. The van der Waals surface area contributed by atoms with Gasteiger partial charge in [0.1, 0.15) is 5.75 Å². The smallest absolute Gasteiger partial charge is 0.258 e. The van der Waals surface area contributed by atoms with Crippen LogP contribution in [0.15, 0.2) is 42.5 Å². The standard InChI is InChI=1S/C19H21Cl2N3O3/c1-24(2)15-6-3-13(4-7-15)19(26)23-10-9-22-18(25)12-27-17-8-5-14(20)11-16(17)21/h3-8,11H,9-10,12H2,1-2H3,(H,22,25)(H,23,26). The topological polar surface area (TPSA) is 70.7 Å². The lowest BCUT2D eigenvalue weighted by molar-refractivity contribution is -0.123. The second-order valence-corrected chi connectivity index (χ2v) is 6.75. The SMILES string of the molecule is CN(C)c1ccc(C(=O)NCCNC(=O)COc2ccc(Cl)cc2Cl)cc1. The van der Waals surface area contributed by atoms with Gasteiger partial charge in [-0.2, -0.15) is 0 Å². The zero-order chi connectivity index (χ0) is 19.8. The number of rotatable bonds is 8. The Balaban J connectivity index is 1.68. The molecule has 2 amide bonds. The second-order valence-electron chi connectivity index (χ2n) is 5.91. The van der Waals surface area contributed by atoms with Gasteiger partial charge in [-0.3, -0.25) is 9.59 Å². The summed E-state index contributed by atoms with van der Waals surface area (Å²) in [5, 5.41) is 6.23. The molecular weight excluding hydrogens is 389 g/mol. The molecule has 0 radical (unpaired) electrons. The van der Waals surface area contributed by atoms with E-state index in [2.05, 4.69) is 10.6 Å². The normalized spacial score (nSPS) is 10.2. The number of anilines is 1. The number of ether oxygens (including phenoxy) is 1. The number of carbonyl (C=O) groups is 2. The van der Waals surface area contributed by atoms with E-state index >= 15 is 0 Å². The Labute approximate surface area is 168 Å². The molecule has 0 aliphatic heterocycles. The van der Waals surface area contributed by atoms with Crippen LogP contribution in [0.2, 0.25) is 10.0 Å². The molecule has 2 aromatic carbocycles. The number of nitrogens with zero attached hydrogens (tertiary/aromatic N) is 1. The van der Waals surface area contributed by atoms with Crippen molar-refractivity contribution in [2.75, 3.05) is 38.7 Å². The van der Waals surface area contributed by atoms with Crippen molar-refractivity contribution in [3.8, 4) is 5.75 Å². The van der Waals surface area contributed by atoms with Crippen molar-refractivity contribution in [3.63, 3.8) is 0 Å². The molecule has 0 saturated heterocycles. The van der Waals surface area contributed by atoms with E-state index in [1.54, 1.807) is 24.3 Å². The first-order valence-corrected chi connectivity index (χ1v) is 9.02. The van der Waals surface area contributed by atoms with Crippen molar-refractivity contribution in [3.05, 3.63) is 58.1 Å². The molecule has 0 unspecified atom stereocenters. The molecule has 2 rings (SSSR count). The first-order valence-electron chi connectivity index (χ1n) is 8.27. The summed E-state index contributed by atoms with van der Waals surface area (Å²) in [4.78, 5) is 25.8. The highest BCUT2D eigenvalue weighted by atomic mass is 35.5. The predicted molar refractivity (Wildman–Crippen MR) is 108 cm³/mol. The number of hydrogen-bond donors (Lipinski definition) is 2. The molecule has 2 N–H and O–H groups in total. The summed E-state index contributed by atoms with van der Waals surface area (Å²) in [7, 11) is 3.87. The van der Waals surface area contributed by atoms with Gasteiger partial charge in [0.15, 0.2) is 6.61 Å². The highest BCUT2D eigenvalue weighted by Crippen LogP contribution is 2.27. The van der Waals surface area contributed by atoms with E-state index < -0.39 is 0 Å². The fourth-order valence-corrected chi connectivity index (χ4v) is 2.64. The van der Waals surface area contributed by atoms with Crippen LogP contribution in [0.4, 0.5) is 5.69 Å². The third kappa shape index (κ3) is 6.66. The van der Waals surface area contributed by atoms with Gasteiger partial charge in [0.25, 0.3) is 11.8 Å². The van der Waals surface area contributed by atoms with Crippen LogP contribution in [0.1, 0.15) is 10.4 Å². The van der Waals surface area contributed by atoms with E-state index in [0.29, 0.717) is 27.9 Å². The van der Waals surface area contributed by atoms with Crippen molar-refractivity contribution in [1.82, 2.24) is 10.6 Å². The van der Waals surface area contributed by atoms with Crippen LogP contribution in [0, 0.1) is 0 Å². The number of carbonyl (C=O) groups excluding carboxylic acids is 2. The lowest BCUT2D eigenvalue weighted by atomic mass is 10.2. The molecule has 0 aromatic heterocycles. The number of nitrogens with one attached hydrogen (secondary N) is 2. The molecule has 0 heterocycles. The molecule has 27 heavy (non-hydrogen) atoms. The Morgan fingerprint density at radius 3 is 2.30 bits per heavy atom. The highest BCUT2D eigenvalue weighted by molar-refractivity contribution is 6.35. The Morgan fingerprint density at radius 1 is 1.00 bits per heavy atom. The summed E-state index contributed by atoms with van der Waals surface area (Å²) in [6.45, 7) is 0.418. The molecule has 0 aliphatic rings. The number of hydrogen-bond acceptors (Lipinski definition) is 4.